The Hall–Kier alpha value is -3.94. The smallest absolute Gasteiger partial charge is 0.282 e. The first kappa shape index (κ1) is 28.2. The number of carbonyl (C=O) groups is 1. The number of halogens is 2. The van der Waals surface area contributed by atoms with E-state index in [-0.39, 0.29) is 23.9 Å². The third kappa shape index (κ3) is 5.72. The lowest BCUT2D eigenvalue weighted by atomic mass is 10.2. The lowest BCUT2D eigenvalue weighted by molar-refractivity contribution is -0.137. The Kier molecular flexibility index (Phi) is 8.13. The van der Waals surface area contributed by atoms with Crippen LogP contribution in [0, 0.1) is 3.57 Å². The first-order valence-electron chi connectivity index (χ1n) is 13.0. The second kappa shape index (κ2) is 12.1. The summed E-state index contributed by atoms with van der Waals surface area (Å²) in [4.78, 5) is 32.6. The Morgan fingerprint density at radius 1 is 1.14 bits per heavy atom. The molecule has 0 N–H and O–H groups in total. The summed E-state index contributed by atoms with van der Waals surface area (Å²) in [7, 11) is 1.52. The van der Waals surface area contributed by atoms with Crippen LogP contribution in [0.3, 0.4) is 0 Å². The monoisotopic (exact) mass is 698 g/mol. The van der Waals surface area contributed by atoms with Gasteiger partial charge in [0.2, 0.25) is 5.82 Å². The number of furan rings is 1. The topological polar surface area (TPSA) is 108 Å². The maximum atomic E-state index is 13.6. The van der Waals surface area contributed by atoms with Crippen molar-refractivity contribution in [3.8, 4) is 23.1 Å². The van der Waals surface area contributed by atoms with Crippen LogP contribution in [-0.2, 0) is 9.53 Å². The van der Waals surface area contributed by atoms with Crippen LogP contribution in [-0.4, -0.2) is 66.7 Å². The molecule has 0 radical (unpaired) electrons. The Balaban J connectivity index is 1.35. The molecule has 0 unspecified atom stereocenters. The fraction of sp³-hybridized carbons (Fsp3) is 0.200. The van der Waals surface area contributed by atoms with Crippen molar-refractivity contribution in [3.63, 3.8) is 0 Å². The molecular weight excluding hydrogens is 675 g/mol. The minimum atomic E-state index is -0.353. The normalized spacial score (nSPS) is 13.7. The van der Waals surface area contributed by atoms with Gasteiger partial charge in [-0.3, -0.25) is 9.59 Å². The van der Waals surface area contributed by atoms with Gasteiger partial charge in [-0.2, -0.15) is 9.78 Å². The molecule has 1 fully saturated rings. The van der Waals surface area contributed by atoms with Crippen LogP contribution in [0.2, 0.25) is 5.02 Å². The Morgan fingerprint density at radius 2 is 1.95 bits per heavy atom. The number of methoxy groups -OCH3 is 1. The highest BCUT2D eigenvalue weighted by Gasteiger charge is 2.20. The molecule has 1 aliphatic heterocycles. The van der Waals surface area contributed by atoms with Crippen molar-refractivity contribution in [1.29, 1.82) is 0 Å². The summed E-state index contributed by atoms with van der Waals surface area (Å²) in [5, 5.41) is 6.29. The van der Waals surface area contributed by atoms with Gasteiger partial charge in [0, 0.05) is 23.5 Å². The van der Waals surface area contributed by atoms with E-state index >= 15 is 0 Å². The largest absolute Gasteiger partial charge is 0.493 e. The van der Waals surface area contributed by atoms with E-state index in [9.17, 15) is 9.59 Å². The van der Waals surface area contributed by atoms with Gasteiger partial charge in [-0.25, -0.2) is 4.98 Å². The fourth-order valence-electron chi connectivity index (χ4n) is 4.63. The lowest BCUT2D eigenvalue weighted by Crippen LogP contribution is -2.43. The molecule has 0 saturated carbocycles. The number of para-hydroxylation sites is 1. The van der Waals surface area contributed by atoms with Gasteiger partial charge in [0.1, 0.15) is 5.58 Å². The lowest BCUT2D eigenvalue weighted by Gasteiger charge is -2.27. The second-order valence-electron chi connectivity index (χ2n) is 9.42. The molecule has 0 bridgehead atoms. The van der Waals surface area contributed by atoms with Crippen molar-refractivity contribution in [2.75, 3.05) is 40.0 Å². The van der Waals surface area contributed by atoms with E-state index in [0.717, 1.165) is 5.39 Å². The zero-order valence-electron chi connectivity index (χ0n) is 22.4. The number of rotatable bonds is 7. The number of amides is 1. The molecule has 12 heteroatoms. The number of aromatic nitrogens is 2. The Bertz CT molecular complexity index is 1900. The van der Waals surface area contributed by atoms with Gasteiger partial charge in [-0.05, 0) is 76.7 Å². The minimum Gasteiger partial charge on any atom is -0.493 e. The average molecular weight is 699 g/mol. The summed E-state index contributed by atoms with van der Waals surface area (Å²) in [6, 6.07) is 17.7. The molecule has 0 aliphatic carbocycles. The summed E-state index contributed by atoms with van der Waals surface area (Å²) in [5.74, 6) is 1.36. The van der Waals surface area contributed by atoms with Crippen LogP contribution < -0.4 is 15.0 Å². The zero-order valence-corrected chi connectivity index (χ0v) is 25.3. The molecule has 1 saturated heterocycles. The third-order valence-electron chi connectivity index (χ3n) is 6.73. The van der Waals surface area contributed by atoms with Crippen molar-refractivity contribution in [2.45, 2.75) is 0 Å². The molecule has 214 valence electrons. The first-order chi connectivity index (χ1) is 20.4. The number of benzene rings is 3. The van der Waals surface area contributed by atoms with Crippen LogP contribution >= 0.6 is 34.2 Å². The van der Waals surface area contributed by atoms with E-state index < -0.39 is 0 Å². The van der Waals surface area contributed by atoms with Gasteiger partial charge in [0.15, 0.2) is 23.9 Å². The molecule has 3 heterocycles. The van der Waals surface area contributed by atoms with E-state index in [0.29, 0.717) is 74.2 Å². The van der Waals surface area contributed by atoms with E-state index in [1.165, 1.54) is 18.0 Å². The zero-order chi connectivity index (χ0) is 29.2. The summed E-state index contributed by atoms with van der Waals surface area (Å²) in [6.45, 7) is 1.99. The highest BCUT2D eigenvalue weighted by Crippen LogP contribution is 2.34. The van der Waals surface area contributed by atoms with E-state index in [2.05, 4.69) is 27.7 Å². The highest BCUT2D eigenvalue weighted by atomic mass is 127. The molecule has 42 heavy (non-hydrogen) atoms. The highest BCUT2D eigenvalue weighted by molar-refractivity contribution is 14.1. The van der Waals surface area contributed by atoms with Crippen LogP contribution in [0.1, 0.15) is 5.56 Å². The van der Waals surface area contributed by atoms with Gasteiger partial charge in [-0.1, -0.05) is 23.7 Å². The first-order valence-corrected chi connectivity index (χ1v) is 14.5. The van der Waals surface area contributed by atoms with Gasteiger partial charge < -0.3 is 23.5 Å². The van der Waals surface area contributed by atoms with Crippen molar-refractivity contribution < 1.29 is 23.4 Å². The number of ether oxygens (including phenoxy) is 3. The van der Waals surface area contributed by atoms with E-state index in [4.69, 9.17) is 35.2 Å². The number of fused-ring (bicyclic) bond motifs is 2. The number of morpholine rings is 1. The second-order valence-corrected chi connectivity index (χ2v) is 11.0. The fourth-order valence-corrected chi connectivity index (χ4v) is 5.59. The van der Waals surface area contributed by atoms with Crippen LogP contribution in [0.25, 0.3) is 33.5 Å². The maximum Gasteiger partial charge on any atom is 0.282 e. The van der Waals surface area contributed by atoms with Gasteiger partial charge >= 0.3 is 0 Å². The van der Waals surface area contributed by atoms with E-state index in [1.807, 2.05) is 12.1 Å². The average Bonchev–Trinajstić information content (AvgIpc) is 3.43. The predicted molar refractivity (Wildman–Crippen MR) is 168 cm³/mol. The Morgan fingerprint density at radius 3 is 2.76 bits per heavy atom. The molecule has 5 aromatic rings. The summed E-state index contributed by atoms with van der Waals surface area (Å²) >= 11 is 8.28. The molecular formula is C30H24ClIN4O6. The van der Waals surface area contributed by atoms with Crippen molar-refractivity contribution in [1.82, 2.24) is 14.6 Å². The maximum absolute atomic E-state index is 13.6. The molecule has 3 aromatic carbocycles. The van der Waals surface area contributed by atoms with Crippen molar-refractivity contribution >= 4 is 68.2 Å². The number of carbonyl (C=O) groups excluding carboxylic acids is 1. The minimum absolute atomic E-state index is 0.120. The third-order valence-corrected chi connectivity index (χ3v) is 7.77. The van der Waals surface area contributed by atoms with Gasteiger partial charge in [0.05, 0.1) is 41.0 Å². The molecule has 6 rings (SSSR count). The number of hydrogen-bond acceptors (Lipinski definition) is 8. The number of nitrogens with zero attached hydrogens (tertiary/aromatic N) is 4. The Labute approximate surface area is 258 Å². The standard InChI is InChI=1S/C30H24ClIN4O6/c1-39-25-13-18(12-22(32)28(25)41-17-27(37)35-8-10-40-11-9-35)16-33-36-29(34-23-5-3-2-4-21(23)30(36)38)26-15-19-14-20(31)6-7-24(19)42-26/h2-7,12-16H,8-11,17H2,1H3. The molecule has 1 amide bonds. The van der Waals surface area contributed by atoms with Gasteiger partial charge in [-0.15, -0.1) is 0 Å². The molecule has 2 aromatic heterocycles. The summed E-state index contributed by atoms with van der Waals surface area (Å²) in [5.41, 5.74) is 1.42. The quantitative estimate of drug-likeness (QED) is 0.170. The van der Waals surface area contributed by atoms with Crippen molar-refractivity contribution in [3.05, 3.63) is 85.2 Å². The SMILES string of the molecule is COc1cc(C=Nn2c(-c3cc4cc(Cl)ccc4o3)nc3ccccc3c2=O)cc(I)c1OCC(=O)N1CCOCC1. The van der Waals surface area contributed by atoms with E-state index in [1.54, 1.807) is 53.4 Å². The molecule has 0 atom stereocenters. The number of hydrogen-bond donors (Lipinski definition) is 0. The van der Waals surface area contributed by atoms with Crippen molar-refractivity contribution in [2.24, 2.45) is 5.10 Å². The van der Waals surface area contributed by atoms with Gasteiger partial charge in [0.25, 0.3) is 11.5 Å². The molecule has 1 aliphatic rings. The molecule has 0 spiro atoms. The van der Waals surface area contributed by atoms with Crippen LogP contribution in [0.4, 0.5) is 0 Å². The van der Waals surface area contributed by atoms with Crippen LogP contribution in [0.5, 0.6) is 11.5 Å². The van der Waals surface area contributed by atoms with Crippen LogP contribution in [0.15, 0.2) is 75.0 Å². The molecule has 10 nitrogen and oxygen atoms in total. The summed E-state index contributed by atoms with van der Waals surface area (Å²) in [6.07, 6.45) is 1.54. The summed E-state index contributed by atoms with van der Waals surface area (Å²) < 4.78 is 24.7. The predicted octanol–water partition coefficient (Wildman–Crippen LogP) is 5.20.